The second kappa shape index (κ2) is 7.92. The molecule has 0 fully saturated rings. The van der Waals surface area contributed by atoms with Gasteiger partial charge in [-0.05, 0) is 61.7 Å². The Morgan fingerprint density at radius 1 is 0.966 bits per heavy atom. The standard InChI is InChI=1S/C25H24N2O2/c1-17-6-5-7-19(14-17)16-26-24(28)20-10-12-21(13-11-20)25(29)27-18(2)15-22-8-3-4-9-23(22)27/h3-14,18H,15-16H2,1-2H3,(H,26,28). The van der Waals surface area contributed by atoms with Gasteiger partial charge in [0.25, 0.3) is 11.8 Å². The monoisotopic (exact) mass is 384 g/mol. The van der Waals surface area contributed by atoms with Crippen molar-refractivity contribution in [3.8, 4) is 0 Å². The SMILES string of the molecule is Cc1cccc(CNC(=O)c2ccc(C(=O)N3c4ccccc4CC3C)cc2)c1. The van der Waals surface area contributed by atoms with E-state index >= 15 is 0 Å². The number of nitrogens with zero attached hydrogens (tertiary/aromatic N) is 1. The molecule has 1 aliphatic heterocycles. The topological polar surface area (TPSA) is 49.4 Å². The lowest BCUT2D eigenvalue weighted by molar-refractivity contribution is 0.0947. The Bertz CT molecular complexity index is 1060. The van der Waals surface area contributed by atoms with Gasteiger partial charge in [-0.1, -0.05) is 48.0 Å². The van der Waals surface area contributed by atoms with Crippen molar-refractivity contribution in [2.75, 3.05) is 4.90 Å². The van der Waals surface area contributed by atoms with Crippen molar-refractivity contribution in [2.45, 2.75) is 32.9 Å². The van der Waals surface area contributed by atoms with Crippen LogP contribution in [0, 0.1) is 6.92 Å². The van der Waals surface area contributed by atoms with Gasteiger partial charge in [0.2, 0.25) is 0 Å². The van der Waals surface area contributed by atoms with Crippen LogP contribution in [0.5, 0.6) is 0 Å². The zero-order valence-electron chi connectivity index (χ0n) is 16.7. The zero-order valence-corrected chi connectivity index (χ0v) is 16.7. The number of rotatable bonds is 4. The molecule has 1 aliphatic rings. The van der Waals surface area contributed by atoms with Gasteiger partial charge in [0.15, 0.2) is 0 Å². The van der Waals surface area contributed by atoms with E-state index in [1.165, 1.54) is 5.56 Å². The predicted molar refractivity (Wildman–Crippen MR) is 115 cm³/mol. The van der Waals surface area contributed by atoms with Crippen LogP contribution in [-0.4, -0.2) is 17.9 Å². The quantitative estimate of drug-likeness (QED) is 0.719. The van der Waals surface area contributed by atoms with Crippen molar-refractivity contribution in [1.29, 1.82) is 0 Å². The first-order valence-electron chi connectivity index (χ1n) is 9.88. The van der Waals surface area contributed by atoms with E-state index in [1.807, 2.05) is 48.2 Å². The Balaban J connectivity index is 1.45. The number of fused-ring (bicyclic) bond motifs is 1. The van der Waals surface area contributed by atoms with E-state index in [4.69, 9.17) is 0 Å². The van der Waals surface area contributed by atoms with Gasteiger partial charge in [0.1, 0.15) is 0 Å². The predicted octanol–water partition coefficient (Wildman–Crippen LogP) is 4.52. The van der Waals surface area contributed by atoms with Gasteiger partial charge in [-0.15, -0.1) is 0 Å². The molecule has 0 radical (unpaired) electrons. The summed E-state index contributed by atoms with van der Waals surface area (Å²) < 4.78 is 0. The normalized spacial score (nSPS) is 15.1. The Morgan fingerprint density at radius 2 is 1.69 bits per heavy atom. The number of nitrogens with one attached hydrogen (secondary N) is 1. The molecule has 4 rings (SSSR count). The largest absolute Gasteiger partial charge is 0.348 e. The van der Waals surface area contributed by atoms with E-state index in [-0.39, 0.29) is 17.9 Å². The smallest absolute Gasteiger partial charge is 0.258 e. The van der Waals surface area contributed by atoms with Gasteiger partial charge in [0, 0.05) is 29.4 Å². The Kier molecular flexibility index (Phi) is 5.17. The third-order valence-corrected chi connectivity index (χ3v) is 5.36. The fourth-order valence-electron chi connectivity index (χ4n) is 3.88. The van der Waals surface area contributed by atoms with Crippen LogP contribution in [0.3, 0.4) is 0 Å². The molecule has 29 heavy (non-hydrogen) atoms. The second-order valence-electron chi connectivity index (χ2n) is 7.61. The van der Waals surface area contributed by atoms with Crippen LogP contribution >= 0.6 is 0 Å². The van der Waals surface area contributed by atoms with Crippen molar-refractivity contribution < 1.29 is 9.59 Å². The number of aryl methyl sites for hydroxylation is 1. The third-order valence-electron chi connectivity index (χ3n) is 5.36. The first kappa shape index (κ1) is 18.9. The number of carbonyl (C=O) groups excluding carboxylic acids is 2. The van der Waals surface area contributed by atoms with E-state index in [9.17, 15) is 9.59 Å². The minimum Gasteiger partial charge on any atom is -0.348 e. The third kappa shape index (κ3) is 3.92. The average Bonchev–Trinajstić information content (AvgIpc) is 3.07. The molecule has 3 aromatic rings. The van der Waals surface area contributed by atoms with E-state index in [0.717, 1.165) is 23.2 Å². The van der Waals surface area contributed by atoms with Crippen LogP contribution in [0.1, 0.15) is 44.3 Å². The molecular weight excluding hydrogens is 360 g/mol. The number of para-hydroxylation sites is 1. The Hall–Kier alpha value is -3.40. The highest BCUT2D eigenvalue weighted by Crippen LogP contribution is 2.33. The van der Waals surface area contributed by atoms with E-state index < -0.39 is 0 Å². The van der Waals surface area contributed by atoms with Gasteiger partial charge in [-0.25, -0.2) is 0 Å². The van der Waals surface area contributed by atoms with Crippen molar-refractivity contribution >= 4 is 17.5 Å². The molecule has 0 aliphatic carbocycles. The number of anilines is 1. The Labute approximate surface area is 171 Å². The van der Waals surface area contributed by atoms with Crippen LogP contribution in [0.2, 0.25) is 0 Å². The molecule has 3 aromatic carbocycles. The van der Waals surface area contributed by atoms with Crippen LogP contribution in [-0.2, 0) is 13.0 Å². The molecule has 0 bridgehead atoms. The highest BCUT2D eigenvalue weighted by molar-refractivity contribution is 6.08. The van der Waals surface area contributed by atoms with E-state index in [1.54, 1.807) is 24.3 Å². The average molecular weight is 384 g/mol. The molecule has 0 saturated carbocycles. The molecular formula is C25H24N2O2. The summed E-state index contributed by atoms with van der Waals surface area (Å²) in [6.07, 6.45) is 0.862. The maximum atomic E-state index is 13.1. The molecule has 1 atom stereocenters. The zero-order chi connectivity index (χ0) is 20.4. The van der Waals surface area contributed by atoms with Crippen molar-refractivity contribution in [1.82, 2.24) is 5.32 Å². The molecule has 0 saturated heterocycles. The summed E-state index contributed by atoms with van der Waals surface area (Å²) >= 11 is 0. The van der Waals surface area contributed by atoms with Crippen molar-refractivity contribution in [3.63, 3.8) is 0 Å². The summed E-state index contributed by atoms with van der Waals surface area (Å²) in [5.74, 6) is -0.181. The Morgan fingerprint density at radius 3 is 2.45 bits per heavy atom. The van der Waals surface area contributed by atoms with Gasteiger partial charge < -0.3 is 10.2 Å². The summed E-state index contributed by atoms with van der Waals surface area (Å²) in [6.45, 7) is 4.56. The molecule has 4 heteroatoms. The molecule has 1 N–H and O–H groups in total. The fourth-order valence-corrected chi connectivity index (χ4v) is 3.88. The molecule has 0 aromatic heterocycles. The summed E-state index contributed by atoms with van der Waals surface area (Å²) in [5, 5.41) is 2.93. The minimum atomic E-state index is -0.148. The lowest BCUT2D eigenvalue weighted by Gasteiger charge is -2.23. The second-order valence-corrected chi connectivity index (χ2v) is 7.61. The van der Waals surface area contributed by atoms with Crippen LogP contribution in [0.25, 0.3) is 0 Å². The van der Waals surface area contributed by atoms with Gasteiger partial charge in [-0.3, -0.25) is 9.59 Å². The summed E-state index contributed by atoms with van der Waals surface area (Å²) in [5.41, 5.74) is 5.53. The molecule has 4 nitrogen and oxygen atoms in total. The summed E-state index contributed by atoms with van der Waals surface area (Å²) in [7, 11) is 0. The van der Waals surface area contributed by atoms with Gasteiger partial charge >= 0.3 is 0 Å². The van der Waals surface area contributed by atoms with Crippen LogP contribution in [0.15, 0.2) is 72.8 Å². The summed E-state index contributed by atoms with van der Waals surface area (Å²) in [6, 6.07) is 23.1. The number of amides is 2. The number of hydrogen-bond donors (Lipinski definition) is 1. The number of benzene rings is 3. The molecule has 1 unspecified atom stereocenters. The molecule has 0 spiro atoms. The van der Waals surface area contributed by atoms with E-state index in [2.05, 4.69) is 24.4 Å². The van der Waals surface area contributed by atoms with Gasteiger partial charge in [0.05, 0.1) is 0 Å². The number of carbonyl (C=O) groups is 2. The lowest BCUT2D eigenvalue weighted by atomic mass is 10.1. The van der Waals surface area contributed by atoms with Crippen molar-refractivity contribution in [2.24, 2.45) is 0 Å². The van der Waals surface area contributed by atoms with E-state index in [0.29, 0.717) is 17.7 Å². The minimum absolute atomic E-state index is 0.0332. The maximum absolute atomic E-state index is 13.1. The summed E-state index contributed by atoms with van der Waals surface area (Å²) in [4.78, 5) is 27.4. The highest BCUT2D eigenvalue weighted by Gasteiger charge is 2.31. The van der Waals surface area contributed by atoms with Crippen LogP contribution in [0.4, 0.5) is 5.69 Å². The molecule has 1 heterocycles. The molecule has 2 amide bonds. The fraction of sp³-hybridized carbons (Fsp3) is 0.200. The first-order valence-corrected chi connectivity index (χ1v) is 9.88. The van der Waals surface area contributed by atoms with Gasteiger partial charge in [-0.2, -0.15) is 0 Å². The first-order chi connectivity index (χ1) is 14.0. The van der Waals surface area contributed by atoms with Crippen LogP contribution < -0.4 is 10.2 Å². The highest BCUT2D eigenvalue weighted by atomic mass is 16.2. The lowest BCUT2D eigenvalue weighted by Crippen LogP contribution is -2.35. The molecule has 146 valence electrons. The number of hydrogen-bond acceptors (Lipinski definition) is 2. The van der Waals surface area contributed by atoms with Crippen molar-refractivity contribution in [3.05, 3.63) is 101 Å². The maximum Gasteiger partial charge on any atom is 0.258 e.